The maximum atomic E-state index is 10.6. The van der Waals surface area contributed by atoms with E-state index in [0.29, 0.717) is 0 Å². The molecule has 0 aliphatic carbocycles. The molecule has 1 aliphatic rings. The predicted molar refractivity (Wildman–Crippen MR) is 43.2 cm³/mol. The molecule has 5 heteroatoms. The quantitative estimate of drug-likeness (QED) is 0.625. The largest absolute Gasteiger partial charge is 0.374 e. The monoisotopic (exact) mass is 198 g/mol. The molecule has 0 aromatic heterocycles. The van der Waals surface area contributed by atoms with Crippen LogP contribution in [0.4, 0.5) is 0 Å². The Kier molecular flexibility index (Phi) is 2.78. The number of rotatable bonds is 2. The average molecular weight is 199 g/mol. The molecule has 0 bridgehead atoms. The van der Waals surface area contributed by atoms with Crippen LogP contribution in [0, 0.1) is 0 Å². The van der Waals surface area contributed by atoms with Gasteiger partial charge in [0.15, 0.2) is 0 Å². The zero-order valence-corrected chi connectivity index (χ0v) is 7.86. The van der Waals surface area contributed by atoms with Crippen molar-refractivity contribution in [2.24, 2.45) is 0 Å². The normalized spacial score (nSPS) is 32.5. The minimum Gasteiger partial charge on any atom is -0.374 e. The number of ether oxygens (including phenoxy) is 1. The van der Waals surface area contributed by atoms with E-state index in [-0.39, 0.29) is 18.0 Å². The van der Waals surface area contributed by atoms with Crippen LogP contribution in [0.2, 0.25) is 0 Å². The Balaban J connectivity index is 2.41. The van der Waals surface area contributed by atoms with Crippen LogP contribution < -0.4 is 0 Å². The van der Waals surface area contributed by atoms with Gasteiger partial charge in [-0.1, -0.05) is 0 Å². The van der Waals surface area contributed by atoms with Crippen molar-refractivity contribution in [2.75, 3.05) is 5.75 Å². The summed E-state index contributed by atoms with van der Waals surface area (Å²) in [6, 6.07) is 0. The molecule has 3 nitrogen and oxygen atoms in total. The molecule has 0 aromatic rings. The molecule has 1 aliphatic heterocycles. The smallest absolute Gasteiger partial charge is 0.235 e. The molecule has 0 N–H and O–H groups in total. The topological polar surface area (TPSA) is 43.4 Å². The van der Waals surface area contributed by atoms with Crippen LogP contribution in [-0.4, -0.2) is 26.4 Å². The van der Waals surface area contributed by atoms with E-state index in [4.69, 9.17) is 15.4 Å². The summed E-state index contributed by atoms with van der Waals surface area (Å²) in [6.07, 6.45) is 1.72. The molecule has 1 heterocycles. The molecule has 1 rings (SSSR count). The molecule has 1 fully saturated rings. The van der Waals surface area contributed by atoms with Gasteiger partial charge in [-0.2, -0.15) is 0 Å². The van der Waals surface area contributed by atoms with Gasteiger partial charge in [0.25, 0.3) is 0 Å². The van der Waals surface area contributed by atoms with Gasteiger partial charge >= 0.3 is 0 Å². The minimum absolute atomic E-state index is 0.0567. The van der Waals surface area contributed by atoms with Crippen LogP contribution in [0.5, 0.6) is 0 Å². The molecule has 0 aromatic carbocycles. The maximum Gasteiger partial charge on any atom is 0.235 e. The predicted octanol–water partition coefficient (Wildman–Crippen LogP) is 1.12. The summed E-state index contributed by atoms with van der Waals surface area (Å²) in [7, 11) is 1.67. The molecular weight excluding hydrogens is 188 g/mol. The van der Waals surface area contributed by atoms with Crippen LogP contribution in [0.1, 0.15) is 19.8 Å². The lowest BCUT2D eigenvalue weighted by Gasteiger charge is -2.07. The molecule has 11 heavy (non-hydrogen) atoms. The van der Waals surface area contributed by atoms with E-state index in [1.54, 1.807) is 0 Å². The first-order valence-corrected chi connectivity index (χ1v) is 6.03. The zero-order chi connectivity index (χ0) is 8.48. The Morgan fingerprint density at radius 2 is 2.18 bits per heavy atom. The fraction of sp³-hybridized carbons (Fsp3) is 1.00. The van der Waals surface area contributed by atoms with Crippen molar-refractivity contribution in [3.05, 3.63) is 0 Å². The number of hydrogen-bond donors (Lipinski definition) is 0. The first-order valence-electron chi connectivity index (χ1n) is 3.55. The van der Waals surface area contributed by atoms with E-state index in [9.17, 15) is 8.42 Å². The van der Waals surface area contributed by atoms with Crippen molar-refractivity contribution in [3.63, 3.8) is 0 Å². The fourth-order valence-electron chi connectivity index (χ4n) is 1.23. The zero-order valence-electron chi connectivity index (χ0n) is 6.29. The second-order valence-corrected chi connectivity index (χ2v) is 5.67. The molecule has 1 saturated heterocycles. The van der Waals surface area contributed by atoms with E-state index in [2.05, 4.69) is 0 Å². The average Bonchev–Trinajstić information content (AvgIpc) is 2.10. The third-order valence-electron chi connectivity index (χ3n) is 1.70. The molecular formula is C6H11ClO3S. The molecule has 2 unspecified atom stereocenters. The van der Waals surface area contributed by atoms with Gasteiger partial charge in [0.2, 0.25) is 9.05 Å². The summed E-state index contributed by atoms with van der Waals surface area (Å²) in [5, 5.41) is 0. The molecule has 0 saturated carbocycles. The Morgan fingerprint density at radius 3 is 2.55 bits per heavy atom. The lowest BCUT2D eigenvalue weighted by Crippen LogP contribution is -2.17. The highest BCUT2D eigenvalue weighted by Crippen LogP contribution is 2.21. The van der Waals surface area contributed by atoms with Gasteiger partial charge in [-0.05, 0) is 19.8 Å². The van der Waals surface area contributed by atoms with Crippen molar-refractivity contribution in [1.82, 2.24) is 0 Å². The maximum absolute atomic E-state index is 10.6. The second kappa shape index (κ2) is 3.29. The lowest BCUT2D eigenvalue weighted by molar-refractivity contribution is 0.0692. The molecule has 2 atom stereocenters. The second-order valence-electron chi connectivity index (χ2n) is 2.85. The number of halogens is 1. The summed E-state index contributed by atoms with van der Waals surface area (Å²) in [5.74, 6) is -0.0567. The Hall–Kier alpha value is 0.200. The van der Waals surface area contributed by atoms with Gasteiger partial charge in [0.05, 0.1) is 18.0 Å². The van der Waals surface area contributed by atoms with Gasteiger partial charge < -0.3 is 4.74 Å². The van der Waals surface area contributed by atoms with Gasteiger partial charge in [0.1, 0.15) is 0 Å². The van der Waals surface area contributed by atoms with Crippen molar-refractivity contribution in [1.29, 1.82) is 0 Å². The fourth-order valence-corrected chi connectivity index (χ4v) is 2.34. The molecule has 0 radical (unpaired) electrons. The van der Waals surface area contributed by atoms with E-state index in [1.807, 2.05) is 6.92 Å². The molecule has 0 amide bonds. The summed E-state index contributed by atoms with van der Waals surface area (Å²) >= 11 is 0. The van der Waals surface area contributed by atoms with Gasteiger partial charge in [0, 0.05) is 10.7 Å². The van der Waals surface area contributed by atoms with E-state index in [1.165, 1.54) is 0 Å². The molecule has 0 spiro atoms. The Labute approximate surface area is 71.1 Å². The first kappa shape index (κ1) is 9.29. The summed E-state index contributed by atoms with van der Waals surface area (Å²) in [5.41, 5.74) is 0. The van der Waals surface area contributed by atoms with Crippen LogP contribution in [-0.2, 0) is 13.8 Å². The van der Waals surface area contributed by atoms with Gasteiger partial charge in [-0.3, -0.25) is 0 Å². The van der Waals surface area contributed by atoms with E-state index in [0.717, 1.165) is 12.8 Å². The summed E-state index contributed by atoms with van der Waals surface area (Å²) < 4.78 is 26.4. The highest BCUT2D eigenvalue weighted by molar-refractivity contribution is 8.13. The third kappa shape index (κ3) is 3.40. The van der Waals surface area contributed by atoms with Crippen molar-refractivity contribution < 1.29 is 13.2 Å². The van der Waals surface area contributed by atoms with Crippen molar-refractivity contribution >= 4 is 19.7 Å². The third-order valence-corrected chi connectivity index (χ3v) is 2.85. The Morgan fingerprint density at radius 1 is 1.55 bits per heavy atom. The van der Waals surface area contributed by atoms with Crippen molar-refractivity contribution in [2.45, 2.75) is 32.0 Å². The van der Waals surface area contributed by atoms with Crippen molar-refractivity contribution in [3.8, 4) is 0 Å². The van der Waals surface area contributed by atoms with Crippen LogP contribution in [0.3, 0.4) is 0 Å². The highest BCUT2D eigenvalue weighted by atomic mass is 35.7. The van der Waals surface area contributed by atoms with Gasteiger partial charge in [-0.15, -0.1) is 0 Å². The summed E-state index contributed by atoms with van der Waals surface area (Å²) in [4.78, 5) is 0. The molecule has 66 valence electrons. The SMILES string of the molecule is CC1CCC(CS(=O)(=O)Cl)O1. The van der Waals surface area contributed by atoms with Crippen LogP contribution >= 0.6 is 10.7 Å². The lowest BCUT2D eigenvalue weighted by atomic mass is 10.2. The van der Waals surface area contributed by atoms with E-state index < -0.39 is 9.05 Å². The van der Waals surface area contributed by atoms with Gasteiger partial charge in [-0.25, -0.2) is 8.42 Å². The highest BCUT2D eigenvalue weighted by Gasteiger charge is 2.25. The van der Waals surface area contributed by atoms with Crippen LogP contribution in [0.15, 0.2) is 0 Å². The van der Waals surface area contributed by atoms with Crippen LogP contribution in [0.25, 0.3) is 0 Å². The minimum atomic E-state index is -3.38. The summed E-state index contributed by atoms with van der Waals surface area (Å²) in [6.45, 7) is 1.93. The first-order chi connectivity index (χ1) is 4.97. The van der Waals surface area contributed by atoms with E-state index >= 15 is 0 Å². The standard InChI is InChI=1S/C6H11ClO3S/c1-5-2-3-6(10-5)4-11(7,8)9/h5-6H,2-4H2,1H3. The Bertz CT molecular complexity index is 224. The number of hydrogen-bond acceptors (Lipinski definition) is 3.